The molecule has 2 unspecified atom stereocenters. The number of carbonyl (C=O) groups excluding carboxylic acids is 1. The Hall–Kier alpha value is -1.36. The molecule has 2 atom stereocenters. The standard InChI is InChI=1S/C15H19NO3S/c1-10-4-3-5-13(8-10)20-15-7-6-12(11(2)17)9-14(15)16(18)19/h6-7,9-10,13H,3-5,8H2,1-2H3. The van der Waals surface area contributed by atoms with Crippen molar-refractivity contribution >= 4 is 23.2 Å². The van der Waals surface area contributed by atoms with E-state index < -0.39 is 0 Å². The number of ketones is 1. The van der Waals surface area contributed by atoms with E-state index in [9.17, 15) is 14.9 Å². The predicted octanol–water partition coefficient (Wildman–Crippen LogP) is 4.47. The van der Waals surface area contributed by atoms with Crippen LogP contribution in [0.1, 0.15) is 49.9 Å². The number of hydrogen-bond acceptors (Lipinski definition) is 4. The van der Waals surface area contributed by atoms with Crippen LogP contribution in [0, 0.1) is 16.0 Å². The monoisotopic (exact) mass is 293 g/mol. The Morgan fingerprint density at radius 1 is 1.40 bits per heavy atom. The van der Waals surface area contributed by atoms with Crippen LogP contribution in [0.2, 0.25) is 0 Å². The number of hydrogen-bond donors (Lipinski definition) is 0. The van der Waals surface area contributed by atoms with Crippen LogP contribution < -0.4 is 0 Å². The fraction of sp³-hybridized carbons (Fsp3) is 0.533. The lowest BCUT2D eigenvalue weighted by molar-refractivity contribution is -0.387. The molecular weight excluding hydrogens is 274 g/mol. The van der Waals surface area contributed by atoms with Gasteiger partial charge in [-0.2, -0.15) is 0 Å². The van der Waals surface area contributed by atoms with Crippen LogP contribution >= 0.6 is 11.8 Å². The van der Waals surface area contributed by atoms with Gasteiger partial charge in [-0.1, -0.05) is 19.8 Å². The van der Waals surface area contributed by atoms with Crippen molar-refractivity contribution in [2.24, 2.45) is 5.92 Å². The maximum absolute atomic E-state index is 11.3. The number of benzene rings is 1. The lowest BCUT2D eigenvalue weighted by atomic mass is 9.91. The molecule has 0 spiro atoms. The summed E-state index contributed by atoms with van der Waals surface area (Å²) in [5.74, 6) is 0.549. The second-order valence-corrected chi connectivity index (χ2v) is 6.85. The Morgan fingerprint density at radius 3 is 2.75 bits per heavy atom. The van der Waals surface area contributed by atoms with Gasteiger partial charge in [-0.3, -0.25) is 14.9 Å². The van der Waals surface area contributed by atoms with E-state index in [-0.39, 0.29) is 16.4 Å². The lowest BCUT2D eigenvalue weighted by Crippen LogP contribution is -2.15. The number of thioether (sulfide) groups is 1. The fourth-order valence-corrected chi connectivity index (χ4v) is 4.11. The SMILES string of the molecule is CC(=O)c1ccc(SC2CCCC(C)C2)c([N+](=O)[O-])c1. The van der Waals surface area contributed by atoms with Crippen LogP contribution in [0.5, 0.6) is 0 Å². The minimum absolute atomic E-state index is 0.0564. The van der Waals surface area contributed by atoms with Gasteiger partial charge in [-0.25, -0.2) is 0 Å². The van der Waals surface area contributed by atoms with E-state index in [1.54, 1.807) is 23.9 Å². The van der Waals surface area contributed by atoms with E-state index in [0.29, 0.717) is 21.6 Å². The van der Waals surface area contributed by atoms with Crippen molar-refractivity contribution in [1.29, 1.82) is 0 Å². The van der Waals surface area contributed by atoms with Crippen molar-refractivity contribution in [2.75, 3.05) is 0 Å². The van der Waals surface area contributed by atoms with Crippen molar-refractivity contribution in [1.82, 2.24) is 0 Å². The summed E-state index contributed by atoms with van der Waals surface area (Å²) in [4.78, 5) is 22.8. The summed E-state index contributed by atoms with van der Waals surface area (Å²) in [5, 5.41) is 11.6. The van der Waals surface area contributed by atoms with Crippen molar-refractivity contribution in [3.8, 4) is 0 Å². The van der Waals surface area contributed by atoms with E-state index >= 15 is 0 Å². The summed E-state index contributed by atoms with van der Waals surface area (Å²) in [7, 11) is 0. The molecule has 0 radical (unpaired) electrons. The van der Waals surface area contributed by atoms with E-state index in [1.807, 2.05) is 0 Å². The molecule has 1 aromatic carbocycles. The number of rotatable bonds is 4. The summed E-state index contributed by atoms with van der Waals surface area (Å²) in [6.07, 6.45) is 4.66. The molecule has 1 saturated carbocycles. The van der Waals surface area contributed by atoms with Gasteiger partial charge in [0.05, 0.1) is 9.82 Å². The highest BCUT2D eigenvalue weighted by molar-refractivity contribution is 8.00. The first-order valence-electron chi connectivity index (χ1n) is 6.93. The van der Waals surface area contributed by atoms with Gasteiger partial charge in [-0.05, 0) is 37.8 Å². The highest BCUT2D eigenvalue weighted by Gasteiger charge is 2.24. The van der Waals surface area contributed by atoms with Crippen LogP contribution in [0.3, 0.4) is 0 Å². The molecular formula is C15H19NO3S. The van der Waals surface area contributed by atoms with Crippen molar-refractivity contribution in [3.05, 3.63) is 33.9 Å². The van der Waals surface area contributed by atoms with Crippen LogP contribution in [-0.4, -0.2) is 16.0 Å². The largest absolute Gasteiger partial charge is 0.295 e. The Balaban J connectivity index is 2.22. The van der Waals surface area contributed by atoms with Gasteiger partial charge in [0.1, 0.15) is 0 Å². The zero-order chi connectivity index (χ0) is 14.7. The maximum atomic E-state index is 11.3. The van der Waals surface area contributed by atoms with Gasteiger partial charge >= 0.3 is 0 Å². The lowest BCUT2D eigenvalue weighted by Gasteiger charge is -2.26. The van der Waals surface area contributed by atoms with Gasteiger partial charge in [0, 0.05) is 16.9 Å². The molecule has 1 aliphatic rings. The molecule has 0 N–H and O–H groups in total. The first kappa shape index (κ1) is 15.0. The Bertz CT molecular complexity index is 530. The van der Waals surface area contributed by atoms with E-state index in [2.05, 4.69) is 6.92 Å². The number of Topliss-reactive ketones (excluding diaryl/α,β-unsaturated/α-hetero) is 1. The van der Waals surface area contributed by atoms with Gasteiger partial charge < -0.3 is 0 Å². The second-order valence-electron chi connectivity index (χ2n) is 5.51. The van der Waals surface area contributed by atoms with Gasteiger partial charge in [0.2, 0.25) is 0 Å². The Morgan fingerprint density at radius 2 is 2.15 bits per heavy atom. The topological polar surface area (TPSA) is 60.2 Å². The number of nitro benzene ring substituents is 1. The Labute approximate surface area is 123 Å². The molecule has 0 heterocycles. The molecule has 1 fully saturated rings. The molecule has 5 heteroatoms. The first-order chi connectivity index (χ1) is 9.47. The van der Waals surface area contributed by atoms with Crippen LogP contribution in [-0.2, 0) is 0 Å². The molecule has 2 rings (SSSR count). The summed E-state index contributed by atoms with van der Waals surface area (Å²) in [6, 6.07) is 4.81. The molecule has 0 aliphatic heterocycles. The van der Waals surface area contributed by atoms with Crippen LogP contribution in [0.4, 0.5) is 5.69 Å². The zero-order valence-electron chi connectivity index (χ0n) is 11.8. The number of nitro groups is 1. The number of carbonyl (C=O) groups is 1. The smallest absolute Gasteiger partial charge is 0.283 e. The van der Waals surface area contributed by atoms with Gasteiger partial charge in [0.25, 0.3) is 5.69 Å². The normalized spacial score (nSPS) is 22.5. The van der Waals surface area contributed by atoms with Gasteiger partial charge in [-0.15, -0.1) is 11.8 Å². The third-order valence-corrected chi connectivity index (χ3v) is 5.10. The van der Waals surface area contributed by atoms with E-state index in [4.69, 9.17) is 0 Å². The Kier molecular flexibility index (Phi) is 4.81. The summed E-state index contributed by atoms with van der Waals surface area (Å²) < 4.78 is 0. The first-order valence-corrected chi connectivity index (χ1v) is 7.81. The molecule has 0 saturated heterocycles. The van der Waals surface area contributed by atoms with Crippen LogP contribution in [0.25, 0.3) is 0 Å². The third kappa shape index (κ3) is 3.60. The minimum atomic E-state index is -0.388. The molecule has 1 aromatic rings. The average molecular weight is 293 g/mol. The maximum Gasteiger partial charge on any atom is 0.283 e. The summed E-state index contributed by atoms with van der Waals surface area (Å²) >= 11 is 1.59. The van der Waals surface area contributed by atoms with E-state index in [1.165, 1.54) is 25.8 Å². The average Bonchev–Trinajstić information content (AvgIpc) is 2.38. The summed E-state index contributed by atoms with van der Waals surface area (Å²) in [6.45, 7) is 3.66. The zero-order valence-corrected chi connectivity index (χ0v) is 12.6. The van der Waals surface area contributed by atoms with Crippen molar-refractivity contribution in [2.45, 2.75) is 49.7 Å². The minimum Gasteiger partial charge on any atom is -0.295 e. The van der Waals surface area contributed by atoms with E-state index in [0.717, 1.165) is 12.8 Å². The highest BCUT2D eigenvalue weighted by atomic mass is 32.2. The second kappa shape index (κ2) is 6.39. The predicted molar refractivity (Wildman–Crippen MR) is 80.4 cm³/mol. The molecule has 0 bridgehead atoms. The van der Waals surface area contributed by atoms with Crippen LogP contribution in [0.15, 0.2) is 23.1 Å². The summed E-state index contributed by atoms with van der Waals surface area (Å²) in [5.41, 5.74) is 0.457. The quantitative estimate of drug-likeness (QED) is 0.467. The van der Waals surface area contributed by atoms with Crippen molar-refractivity contribution in [3.63, 3.8) is 0 Å². The molecule has 108 valence electrons. The number of nitrogens with zero attached hydrogens (tertiary/aromatic N) is 1. The fourth-order valence-electron chi connectivity index (χ4n) is 2.64. The molecule has 0 aromatic heterocycles. The van der Waals surface area contributed by atoms with Crippen molar-refractivity contribution < 1.29 is 9.72 Å². The molecule has 20 heavy (non-hydrogen) atoms. The highest BCUT2D eigenvalue weighted by Crippen LogP contribution is 2.39. The molecule has 4 nitrogen and oxygen atoms in total. The molecule has 0 amide bonds. The van der Waals surface area contributed by atoms with Gasteiger partial charge in [0.15, 0.2) is 5.78 Å². The third-order valence-electron chi connectivity index (χ3n) is 3.74. The molecule has 1 aliphatic carbocycles.